The average molecular weight is 468 g/mol. The van der Waals surface area contributed by atoms with Gasteiger partial charge in [0.1, 0.15) is 0 Å². The Morgan fingerprint density at radius 2 is 1.61 bits per heavy atom. The molecule has 1 N–H and O–H groups in total. The second-order valence-corrected chi connectivity index (χ2v) is 10.7. The van der Waals surface area contributed by atoms with Crippen LogP contribution in [0.15, 0.2) is 59.5 Å². The van der Waals surface area contributed by atoms with Gasteiger partial charge in [-0.3, -0.25) is 4.18 Å². The molecule has 31 heavy (non-hydrogen) atoms. The van der Waals surface area contributed by atoms with E-state index in [1.54, 1.807) is 13.8 Å². The molecule has 0 amide bonds. The fourth-order valence-corrected chi connectivity index (χ4v) is 5.19. The van der Waals surface area contributed by atoms with Crippen LogP contribution in [0, 0.1) is 20.8 Å². The van der Waals surface area contributed by atoms with E-state index in [1.165, 1.54) is 12.2 Å². The smallest absolute Gasteiger partial charge is 0.264 e. The van der Waals surface area contributed by atoms with Crippen LogP contribution in [0.25, 0.3) is 0 Å². The topological polar surface area (TPSA) is 98.8 Å². The van der Waals surface area contributed by atoms with Crippen molar-refractivity contribution in [2.24, 2.45) is 0 Å². The fraction of sp³-hybridized carbons (Fsp3) is 0.364. The Kier molecular flexibility index (Phi) is 8.96. The van der Waals surface area contributed by atoms with E-state index in [-0.39, 0.29) is 18.1 Å². The predicted molar refractivity (Wildman–Crippen MR) is 121 cm³/mol. The van der Waals surface area contributed by atoms with Crippen LogP contribution in [0.2, 0.25) is 0 Å². The second kappa shape index (κ2) is 11.0. The van der Waals surface area contributed by atoms with Crippen LogP contribution in [0.3, 0.4) is 0 Å². The Morgan fingerprint density at radius 1 is 1.00 bits per heavy atom. The highest BCUT2D eigenvalue weighted by atomic mass is 32.2. The standard InChI is InChI=1S/C22H29NO6S2/c1-17-13-18(2)22(19(3)14-17)31(26,27)23-21(11-8-12-29-30(4,24)25)16-28-15-20-9-6-5-7-10-20/h5-11,13-14,21,23H,12,15-16H2,1-4H3/b11-8+/t21-/m1/s1. The van der Waals surface area contributed by atoms with E-state index in [9.17, 15) is 16.8 Å². The Balaban J connectivity index is 2.17. The third-order valence-corrected chi connectivity index (χ3v) is 6.69. The highest BCUT2D eigenvalue weighted by Crippen LogP contribution is 2.22. The van der Waals surface area contributed by atoms with Gasteiger partial charge in [-0.1, -0.05) is 60.2 Å². The summed E-state index contributed by atoms with van der Waals surface area (Å²) < 4.78 is 61.5. The summed E-state index contributed by atoms with van der Waals surface area (Å²) in [6.07, 6.45) is 3.94. The summed E-state index contributed by atoms with van der Waals surface area (Å²) in [7, 11) is -7.43. The van der Waals surface area contributed by atoms with Crippen LogP contribution < -0.4 is 4.72 Å². The van der Waals surface area contributed by atoms with Crippen molar-refractivity contribution in [2.45, 2.75) is 38.3 Å². The van der Waals surface area contributed by atoms with Crippen molar-refractivity contribution < 1.29 is 25.8 Å². The molecular weight excluding hydrogens is 438 g/mol. The molecule has 1 atom stereocenters. The van der Waals surface area contributed by atoms with E-state index in [4.69, 9.17) is 4.74 Å². The fourth-order valence-electron chi connectivity index (χ4n) is 3.24. The van der Waals surface area contributed by atoms with Gasteiger partial charge in [-0.25, -0.2) is 13.1 Å². The van der Waals surface area contributed by atoms with Crippen molar-refractivity contribution in [3.8, 4) is 0 Å². The minimum absolute atomic E-state index is 0.0630. The van der Waals surface area contributed by atoms with Crippen molar-refractivity contribution in [2.75, 3.05) is 19.5 Å². The molecule has 0 aliphatic rings. The molecule has 0 spiro atoms. The van der Waals surface area contributed by atoms with Gasteiger partial charge in [-0.2, -0.15) is 8.42 Å². The lowest BCUT2D eigenvalue weighted by atomic mass is 10.1. The number of hydrogen-bond acceptors (Lipinski definition) is 6. The molecule has 0 saturated heterocycles. The summed E-state index contributed by atoms with van der Waals surface area (Å²) in [6.45, 7) is 5.60. The van der Waals surface area contributed by atoms with Gasteiger partial charge < -0.3 is 4.74 Å². The van der Waals surface area contributed by atoms with E-state index < -0.39 is 26.2 Å². The van der Waals surface area contributed by atoms with Crippen molar-refractivity contribution in [1.82, 2.24) is 4.72 Å². The minimum Gasteiger partial charge on any atom is -0.375 e. The number of benzene rings is 2. The quantitative estimate of drug-likeness (QED) is 0.403. The summed E-state index contributed by atoms with van der Waals surface area (Å²) >= 11 is 0. The van der Waals surface area contributed by atoms with E-state index >= 15 is 0 Å². The first-order valence-corrected chi connectivity index (χ1v) is 13.0. The summed E-state index contributed by atoms with van der Waals surface area (Å²) in [5.74, 6) is 0. The summed E-state index contributed by atoms with van der Waals surface area (Å²) in [6, 6.07) is 12.4. The zero-order valence-corrected chi connectivity index (χ0v) is 19.8. The number of nitrogens with one attached hydrogen (secondary N) is 1. The molecule has 0 fully saturated rings. The van der Waals surface area contributed by atoms with Crippen LogP contribution in [0.1, 0.15) is 22.3 Å². The van der Waals surface area contributed by atoms with E-state index in [1.807, 2.05) is 49.4 Å². The van der Waals surface area contributed by atoms with E-state index in [2.05, 4.69) is 8.91 Å². The third kappa shape index (κ3) is 8.54. The molecule has 2 aromatic carbocycles. The van der Waals surface area contributed by atoms with Crippen LogP contribution in [0.4, 0.5) is 0 Å². The first-order chi connectivity index (χ1) is 14.5. The number of hydrogen-bond donors (Lipinski definition) is 1. The predicted octanol–water partition coefficient (Wildman–Crippen LogP) is 3.01. The molecule has 0 aliphatic carbocycles. The summed E-state index contributed by atoms with van der Waals surface area (Å²) in [4.78, 5) is 0.229. The van der Waals surface area contributed by atoms with Gasteiger partial charge in [0.25, 0.3) is 10.1 Å². The first kappa shape index (κ1) is 25.2. The molecule has 0 aromatic heterocycles. The minimum atomic E-state index is -3.84. The number of rotatable bonds is 11. The zero-order chi connectivity index (χ0) is 23.1. The lowest BCUT2D eigenvalue weighted by Crippen LogP contribution is -2.37. The van der Waals surface area contributed by atoms with Gasteiger partial charge in [-0.15, -0.1) is 0 Å². The largest absolute Gasteiger partial charge is 0.375 e. The molecule has 7 nitrogen and oxygen atoms in total. The Bertz CT molecular complexity index is 1090. The van der Waals surface area contributed by atoms with Gasteiger partial charge in [0.05, 0.1) is 37.0 Å². The third-order valence-electron chi connectivity index (χ3n) is 4.34. The molecule has 0 saturated carbocycles. The van der Waals surface area contributed by atoms with Crippen LogP contribution >= 0.6 is 0 Å². The Morgan fingerprint density at radius 3 is 2.19 bits per heavy atom. The van der Waals surface area contributed by atoms with Gasteiger partial charge in [-0.05, 0) is 37.5 Å². The maximum Gasteiger partial charge on any atom is 0.264 e. The van der Waals surface area contributed by atoms with Crippen LogP contribution in [0.5, 0.6) is 0 Å². The van der Waals surface area contributed by atoms with Crippen molar-refractivity contribution in [3.05, 3.63) is 76.9 Å². The molecule has 170 valence electrons. The molecule has 0 radical (unpaired) electrons. The zero-order valence-electron chi connectivity index (χ0n) is 18.2. The number of aryl methyl sites for hydroxylation is 3. The monoisotopic (exact) mass is 467 g/mol. The lowest BCUT2D eigenvalue weighted by molar-refractivity contribution is 0.113. The highest BCUT2D eigenvalue weighted by Gasteiger charge is 2.23. The number of sulfonamides is 1. The normalized spacial score (nSPS) is 13.5. The van der Waals surface area contributed by atoms with Crippen molar-refractivity contribution in [3.63, 3.8) is 0 Å². The average Bonchev–Trinajstić information content (AvgIpc) is 2.63. The van der Waals surface area contributed by atoms with Gasteiger partial charge >= 0.3 is 0 Å². The second-order valence-electron chi connectivity index (χ2n) is 7.37. The van der Waals surface area contributed by atoms with Gasteiger partial charge in [0.2, 0.25) is 10.0 Å². The van der Waals surface area contributed by atoms with Crippen molar-refractivity contribution in [1.29, 1.82) is 0 Å². The maximum atomic E-state index is 13.1. The van der Waals surface area contributed by atoms with Gasteiger partial charge in [0, 0.05) is 0 Å². The van der Waals surface area contributed by atoms with Crippen LogP contribution in [-0.2, 0) is 35.7 Å². The van der Waals surface area contributed by atoms with E-state index in [0.717, 1.165) is 17.4 Å². The Hall–Kier alpha value is -2.04. The summed E-state index contributed by atoms with van der Waals surface area (Å²) in [5, 5.41) is 0. The molecule has 0 unspecified atom stereocenters. The Labute approximate surface area is 185 Å². The highest BCUT2D eigenvalue weighted by molar-refractivity contribution is 7.89. The molecule has 9 heteroatoms. The van der Waals surface area contributed by atoms with Crippen molar-refractivity contribution >= 4 is 20.1 Å². The lowest BCUT2D eigenvalue weighted by Gasteiger charge is -2.18. The molecule has 0 heterocycles. The van der Waals surface area contributed by atoms with E-state index in [0.29, 0.717) is 17.7 Å². The summed E-state index contributed by atoms with van der Waals surface area (Å²) in [5.41, 5.74) is 3.24. The van der Waals surface area contributed by atoms with Crippen LogP contribution in [-0.4, -0.2) is 42.3 Å². The maximum absolute atomic E-state index is 13.1. The molecule has 0 aliphatic heterocycles. The molecule has 2 rings (SSSR count). The molecule has 0 bridgehead atoms. The van der Waals surface area contributed by atoms with Gasteiger partial charge in [0.15, 0.2) is 0 Å². The number of ether oxygens (including phenoxy) is 1. The molecule has 2 aromatic rings. The first-order valence-electron chi connectivity index (χ1n) is 9.71. The molecular formula is C22H29NO6S2. The SMILES string of the molecule is Cc1cc(C)c(S(=O)(=O)N[C@H](/C=C/COS(C)(=O)=O)COCc2ccccc2)c(C)c1.